The Balaban J connectivity index is 1.71. The predicted molar refractivity (Wildman–Crippen MR) is 130 cm³/mol. The predicted octanol–water partition coefficient (Wildman–Crippen LogP) is 8.48. The minimum Gasteiger partial charge on any atom is -0.0662 e. The van der Waals surface area contributed by atoms with Crippen LogP contribution in [0.15, 0.2) is 75.2 Å². The van der Waals surface area contributed by atoms with Crippen molar-refractivity contribution in [2.45, 2.75) is 38.0 Å². The molecule has 0 saturated heterocycles. The van der Waals surface area contributed by atoms with Gasteiger partial charge in [0.1, 0.15) is 0 Å². The van der Waals surface area contributed by atoms with Crippen molar-refractivity contribution in [1.29, 1.82) is 0 Å². The van der Waals surface area contributed by atoms with Gasteiger partial charge in [0.25, 0.3) is 0 Å². The molecule has 0 bridgehead atoms. The first-order valence-electron chi connectivity index (χ1n) is 10.4. The van der Waals surface area contributed by atoms with Gasteiger partial charge in [0, 0.05) is 15.8 Å². The Morgan fingerprint density at radius 1 is 0.931 bits per heavy atom. The third-order valence-corrected chi connectivity index (χ3v) is 8.42. The molecule has 3 aromatic carbocycles. The topological polar surface area (TPSA) is 0 Å². The second-order valence-electron chi connectivity index (χ2n) is 9.14. The van der Waals surface area contributed by atoms with Gasteiger partial charge in [-0.25, -0.2) is 0 Å². The lowest BCUT2D eigenvalue weighted by molar-refractivity contribution is 0.427. The van der Waals surface area contributed by atoms with Gasteiger partial charge in [0.15, 0.2) is 0 Å². The normalized spacial score (nSPS) is 23.9. The van der Waals surface area contributed by atoms with Crippen LogP contribution in [0.4, 0.5) is 0 Å². The first kappa shape index (κ1) is 18.2. The zero-order chi connectivity index (χ0) is 19.9. The molecule has 2 unspecified atom stereocenters. The lowest BCUT2D eigenvalue weighted by Crippen LogP contribution is -2.30. The van der Waals surface area contributed by atoms with Crippen LogP contribution in [0.1, 0.15) is 54.9 Å². The van der Waals surface area contributed by atoms with Crippen molar-refractivity contribution in [2.24, 2.45) is 5.92 Å². The van der Waals surface area contributed by atoms with Crippen molar-refractivity contribution in [3.63, 3.8) is 0 Å². The van der Waals surface area contributed by atoms with E-state index in [9.17, 15) is 0 Å². The van der Waals surface area contributed by atoms with E-state index in [1.54, 1.807) is 5.57 Å². The van der Waals surface area contributed by atoms with Crippen LogP contribution in [-0.4, -0.2) is 0 Å². The van der Waals surface area contributed by atoms with Crippen LogP contribution in [0.5, 0.6) is 0 Å². The minimum atomic E-state index is 0.0338. The smallest absolute Gasteiger partial charge is 0.0181 e. The Bertz CT molecular complexity index is 1260. The zero-order valence-electron chi connectivity index (χ0n) is 16.6. The van der Waals surface area contributed by atoms with E-state index < -0.39 is 0 Å². The summed E-state index contributed by atoms with van der Waals surface area (Å²) in [6.07, 6.45) is 4.83. The second kappa shape index (κ2) is 6.18. The molecule has 0 radical (unpaired) electrons. The standard InChI is InChI=1S/C27H22Br2/c1-27(2)25-18-11-8-16(28)13-15(18)7-10-22(25)24-20-6-4-3-5-19(20)23-14-17(29)9-12-21(23)26(24)27/h3-8,10-11,13-14,21,23H,9,12H2,1-2H3. The fourth-order valence-electron chi connectivity index (χ4n) is 6.23. The van der Waals surface area contributed by atoms with E-state index in [1.807, 2.05) is 0 Å². The third kappa shape index (κ3) is 2.42. The summed E-state index contributed by atoms with van der Waals surface area (Å²) in [6.45, 7) is 4.90. The van der Waals surface area contributed by atoms with Gasteiger partial charge in [-0.1, -0.05) is 94.2 Å². The molecule has 3 aliphatic rings. The quantitative estimate of drug-likeness (QED) is 0.287. The molecule has 0 amide bonds. The minimum absolute atomic E-state index is 0.0338. The molecule has 144 valence electrons. The van der Waals surface area contributed by atoms with Gasteiger partial charge in [0.05, 0.1) is 0 Å². The van der Waals surface area contributed by atoms with Crippen LogP contribution in [0.2, 0.25) is 0 Å². The van der Waals surface area contributed by atoms with Crippen molar-refractivity contribution in [3.8, 4) is 0 Å². The molecule has 3 aliphatic carbocycles. The zero-order valence-corrected chi connectivity index (χ0v) is 19.8. The van der Waals surface area contributed by atoms with Crippen molar-refractivity contribution >= 4 is 48.2 Å². The van der Waals surface area contributed by atoms with Gasteiger partial charge >= 0.3 is 0 Å². The molecular formula is C27H22Br2. The molecule has 6 rings (SSSR count). The Kier molecular flexibility index (Phi) is 3.87. The summed E-state index contributed by atoms with van der Waals surface area (Å²) >= 11 is 7.47. The van der Waals surface area contributed by atoms with Crippen molar-refractivity contribution in [1.82, 2.24) is 0 Å². The molecule has 0 saturated carbocycles. The van der Waals surface area contributed by atoms with Gasteiger partial charge < -0.3 is 0 Å². The molecule has 0 aromatic heterocycles. The summed E-state index contributed by atoms with van der Waals surface area (Å²) in [6, 6.07) is 20.5. The van der Waals surface area contributed by atoms with E-state index in [0.717, 1.165) is 10.9 Å². The summed E-state index contributed by atoms with van der Waals surface area (Å²) in [4.78, 5) is 0. The SMILES string of the molecule is CC1(C)C2=C(c3ccccc3C3C=C(Br)CCC23)c2ccc3cc(Br)ccc3c21. The number of fused-ring (bicyclic) bond motifs is 9. The first-order valence-corrected chi connectivity index (χ1v) is 12.0. The fraction of sp³-hybridized carbons (Fsp3) is 0.259. The van der Waals surface area contributed by atoms with Crippen LogP contribution in [0.3, 0.4) is 0 Å². The number of hydrogen-bond acceptors (Lipinski definition) is 0. The molecule has 0 spiro atoms. The number of benzene rings is 3. The fourth-order valence-corrected chi connectivity index (χ4v) is 7.12. The number of hydrogen-bond donors (Lipinski definition) is 0. The Morgan fingerprint density at radius 2 is 1.76 bits per heavy atom. The molecule has 0 N–H and O–H groups in total. The highest BCUT2D eigenvalue weighted by molar-refractivity contribution is 9.11. The summed E-state index contributed by atoms with van der Waals surface area (Å²) in [5.74, 6) is 1.05. The van der Waals surface area contributed by atoms with Crippen molar-refractivity contribution in [3.05, 3.63) is 97.5 Å². The lowest BCUT2D eigenvalue weighted by atomic mass is 9.63. The molecule has 0 fully saturated rings. The number of allylic oxidation sites excluding steroid dienone is 3. The summed E-state index contributed by atoms with van der Waals surface area (Å²) in [5.41, 5.74) is 9.08. The maximum atomic E-state index is 3.81. The molecule has 0 nitrogen and oxygen atoms in total. The van der Waals surface area contributed by atoms with E-state index in [2.05, 4.69) is 106 Å². The maximum Gasteiger partial charge on any atom is 0.0181 e. The number of rotatable bonds is 0. The lowest BCUT2D eigenvalue weighted by Gasteiger charge is -2.41. The average molecular weight is 506 g/mol. The van der Waals surface area contributed by atoms with Crippen LogP contribution in [0, 0.1) is 5.92 Å². The largest absolute Gasteiger partial charge is 0.0662 e. The van der Waals surface area contributed by atoms with Crippen LogP contribution >= 0.6 is 31.9 Å². The van der Waals surface area contributed by atoms with Crippen molar-refractivity contribution < 1.29 is 0 Å². The first-order chi connectivity index (χ1) is 14.0. The van der Waals surface area contributed by atoms with Crippen LogP contribution in [0.25, 0.3) is 16.3 Å². The Labute approximate surface area is 189 Å². The van der Waals surface area contributed by atoms with E-state index in [-0.39, 0.29) is 5.41 Å². The van der Waals surface area contributed by atoms with Crippen LogP contribution in [-0.2, 0) is 5.41 Å². The highest BCUT2D eigenvalue weighted by Crippen LogP contribution is 2.61. The second-order valence-corrected chi connectivity index (χ2v) is 11.1. The third-order valence-electron chi connectivity index (χ3n) is 7.27. The average Bonchev–Trinajstić information content (AvgIpc) is 2.96. The molecular weight excluding hydrogens is 484 g/mol. The molecule has 2 heteroatoms. The van der Waals surface area contributed by atoms with Crippen molar-refractivity contribution in [2.75, 3.05) is 0 Å². The van der Waals surface area contributed by atoms with E-state index in [0.29, 0.717) is 11.8 Å². The molecule has 29 heavy (non-hydrogen) atoms. The van der Waals surface area contributed by atoms with Gasteiger partial charge in [0.2, 0.25) is 0 Å². The van der Waals surface area contributed by atoms with Crippen LogP contribution < -0.4 is 0 Å². The van der Waals surface area contributed by atoms with Gasteiger partial charge in [-0.2, -0.15) is 0 Å². The molecule has 3 aromatic rings. The summed E-state index contributed by atoms with van der Waals surface area (Å²) in [7, 11) is 0. The molecule has 2 atom stereocenters. The Hall–Kier alpha value is -1.64. The van der Waals surface area contributed by atoms with Gasteiger partial charge in [-0.3, -0.25) is 0 Å². The maximum absolute atomic E-state index is 3.81. The van der Waals surface area contributed by atoms with Gasteiger partial charge in [-0.05, 0) is 79.5 Å². The van der Waals surface area contributed by atoms with E-state index in [4.69, 9.17) is 0 Å². The molecule has 0 aliphatic heterocycles. The van der Waals surface area contributed by atoms with E-state index >= 15 is 0 Å². The summed E-state index contributed by atoms with van der Waals surface area (Å²) < 4.78 is 2.51. The van der Waals surface area contributed by atoms with Gasteiger partial charge in [-0.15, -0.1) is 0 Å². The summed E-state index contributed by atoms with van der Waals surface area (Å²) in [5, 5.41) is 2.72. The monoisotopic (exact) mass is 504 g/mol. The van der Waals surface area contributed by atoms with E-state index in [1.165, 1.54) is 49.5 Å². The molecule has 0 heterocycles. The Morgan fingerprint density at radius 3 is 2.62 bits per heavy atom. The highest BCUT2D eigenvalue weighted by Gasteiger charge is 2.48. The number of halogens is 2. The highest BCUT2D eigenvalue weighted by atomic mass is 79.9.